The fourth-order valence-electron chi connectivity index (χ4n) is 1.65. The predicted molar refractivity (Wildman–Crippen MR) is 65.8 cm³/mol. The lowest BCUT2D eigenvalue weighted by Gasteiger charge is -2.14. The van der Waals surface area contributed by atoms with E-state index in [1.807, 2.05) is 19.1 Å². The Kier molecular flexibility index (Phi) is 4.46. The maximum atomic E-state index is 6.33. The van der Waals surface area contributed by atoms with Crippen molar-refractivity contribution in [1.29, 1.82) is 0 Å². The first-order valence-electron chi connectivity index (χ1n) is 5.33. The topological polar surface area (TPSA) is 9.23 Å². The number of hydrogen-bond donors (Lipinski definition) is 0. The normalized spacial score (nSPS) is 12.9. The van der Waals surface area contributed by atoms with Crippen molar-refractivity contribution in [3.8, 4) is 5.75 Å². The van der Waals surface area contributed by atoms with Crippen LogP contribution >= 0.6 is 11.6 Å². The molecule has 1 unspecified atom stereocenters. The Bertz CT molecular complexity index is 320. The van der Waals surface area contributed by atoms with E-state index in [-0.39, 0.29) is 5.38 Å². The van der Waals surface area contributed by atoms with Gasteiger partial charge < -0.3 is 4.74 Å². The van der Waals surface area contributed by atoms with Gasteiger partial charge in [-0.2, -0.15) is 0 Å². The molecule has 84 valence electrons. The smallest absolute Gasteiger partial charge is 0.121 e. The Labute approximate surface area is 97.4 Å². The van der Waals surface area contributed by atoms with Crippen LogP contribution in [-0.2, 0) is 0 Å². The number of aryl methyl sites for hydroxylation is 1. The summed E-state index contributed by atoms with van der Waals surface area (Å²) in [6, 6.07) is 6.14. The van der Waals surface area contributed by atoms with Crippen molar-refractivity contribution >= 4 is 11.6 Å². The highest BCUT2D eigenvalue weighted by Gasteiger charge is 2.11. The Hall–Kier alpha value is -0.690. The van der Waals surface area contributed by atoms with Gasteiger partial charge >= 0.3 is 0 Å². The van der Waals surface area contributed by atoms with Crippen molar-refractivity contribution in [2.45, 2.75) is 32.6 Å². The van der Waals surface area contributed by atoms with Crippen molar-refractivity contribution in [2.24, 2.45) is 5.92 Å². The van der Waals surface area contributed by atoms with Crippen LogP contribution in [0.4, 0.5) is 0 Å². The van der Waals surface area contributed by atoms with Crippen LogP contribution in [0, 0.1) is 12.8 Å². The lowest BCUT2D eigenvalue weighted by atomic mass is 10.0. The first-order valence-corrected chi connectivity index (χ1v) is 5.76. The largest absolute Gasteiger partial charge is 0.496 e. The molecule has 1 aromatic rings. The van der Waals surface area contributed by atoms with Crippen molar-refractivity contribution in [3.63, 3.8) is 0 Å². The Morgan fingerprint density at radius 3 is 2.47 bits per heavy atom. The fraction of sp³-hybridized carbons (Fsp3) is 0.538. The molecule has 0 fully saturated rings. The summed E-state index contributed by atoms with van der Waals surface area (Å²) in [6.07, 6.45) is 1.01. The predicted octanol–water partition coefficient (Wildman–Crippen LogP) is 4.33. The van der Waals surface area contributed by atoms with Crippen molar-refractivity contribution in [1.82, 2.24) is 0 Å². The molecule has 0 radical (unpaired) electrons. The van der Waals surface area contributed by atoms with Gasteiger partial charge in [0.1, 0.15) is 5.75 Å². The number of halogens is 1. The second-order valence-electron chi connectivity index (χ2n) is 4.33. The molecule has 0 N–H and O–H groups in total. The molecule has 1 rings (SSSR count). The molecule has 0 bridgehead atoms. The van der Waals surface area contributed by atoms with Gasteiger partial charge in [-0.1, -0.05) is 26.0 Å². The summed E-state index contributed by atoms with van der Waals surface area (Å²) in [5.74, 6) is 1.54. The molecule has 0 saturated carbocycles. The zero-order valence-corrected chi connectivity index (χ0v) is 10.6. The summed E-state index contributed by atoms with van der Waals surface area (Å²) in [5.41, 5.74) is 2.33. The zero-order chi connectivity index (χ0) is 11.4. The molecule has 0 aliphatic carbocycles. The van der Waals surface area contributed by atoms with E-state index >= 15 is 0 Å². The average Bonchev–Trinajstić information content (AvgIpc) is 2.16. The molecule has 0 aliphatic rings. The third kappa shape index (κ3) is 3.42. The van der Waals surface area contributed by atoms with Crippen LogP contribution in [0.15, 0.2) is 18.2 Å². The molecule has 1 nitrogen and oxygen atoms in total. The van der Waals surface area contributed by atoms with Crippen molar-refractivity contribution < 1.29 is 4.74 Å². The van der Waals surface area contributed by atoms with E-state index in [0.29, 0.717) is 5.92 Å². The molecule has 1 atom stereocenters. The molecule has 0 aromatic heterocycles. The van der Waals surface area contributed by atoms with Gasteiger partial charge in [-0.05, 0) is 36.5 Å². The van der Waals surface area contributed by atoms with Crippen molar-refractivity contribution in [2.75, 3.05) is 7.11 Å². The van der Waals surface area contributed by atoms with E-state index in [1.165, 1.54) is 5.56 Å². The maximum Gasteiger partial charge on any atom is 0.121 e. The molecule has 0 saturated heterocycles. The maximum absolute atomic E-state index is 6.33. The highest BCUT2D eigenvalue weighted by Crippen LogP contribution is 2.30. The molecular formula is C13H19ClO. The Balaban J connectivity index is 2.82. The zero-order valence-electron chi connectivity index (χ0n) is 9.88. The molecule has 0 aliphatic heterocycles. The molecule has 0 heterocycles. The molecule has 0 spiro atoms. The quantitative estimate of drug-likeness (QED) is 0.695. The van der Waals surface area contributed by atoms with Gasteiger partial charge in [0.15, 0.2) is 0 Å². The van der Waals surface area contributed by atoms with E-state index in [9.17, 15) is 0 Å². The summed E-state index contributed by atoms with van der Waals surface area (Å²) >= 11 is 6.33. The summed E-state index contributed by atoms with van der Waals surface area (Å²) in [4.78, 5) is 0. The van der Waals surface area contributed by atoms with Crippen LogP contribution < -0.4 is 4.74 Å². The number of rotatable bonds is 4. The minimum Gasteiger partial charge on any atom is -0.496 e. The summed E-state index contributed by atoms with van der Waals surface area (Å²) in [5, 5.41) is 0.106. The van der Waals surface area contributed by atoms with Crippen LogP contribution in [-0.4, -0.2) is 7.11 Å². The molecule has 15 heavy (non-hydrogen) atoms. The van der Waals surface area contributed by atoms with Crippen LogP contribution in [0.1, 0.15) is 36.8 Å². The van der Waals surface area contributed by atoms with Gasteiger partial charge in [0.2, 0.25) is 0 Å². The van der Waals surface area contributed by atoms with Gasteiger partial charge in [-0.3, -0.25) is 0 Å². The van der Waals surface area contributed by atoms with Gasteiger partial charge in [0.25, 0.3) is 0 Å². The van der Waals surface area contributed by atoms with E-state index < -0.39 is 0 Å². The first kappa shape index (κ1) is 12.4. The standard InChI is InChI=1S/C13H19ClO/c1-9(2)7-12(14)11-5-6-13(15-4)10(3)8-11/h5-6,8-9,12H,7H2,1-4H3. The monoisotopic (exact) mass is 226 g/mol. The molecular weight excluding hydrogens is 208 g/mol. The SMILES string of the molecule is COc1ccc(C(Cl)CC(C)C)cc1C. The van der Waals surface area contributed by atoms with Gasteiger partial charge in [-0.25, -0.2) is 0 Å². The Morgan fingerprint density at radius 1 is 1.33 bits per heavy atom. The van der Waals surface area contributed by atoms with E-state index in [2.05, 4.69) is 19.9 Å². The minimum atomic E-state index is 0.106. The van der Waals surface area contributed by atoms with Crippen LogP contribution in [0.5, 0.6) is 5.75 Å². The fourth-order valence-corrected chi connectivity index (χ4v) is 2.14. The van der Waals surface area contributed by atoms with E-state index in [4.69, 9.17) is 16.3 Å². The van der Waals surface area contributed by atoms with Gasteiger partial charge in [0, 0.05) is 0 Å². The van der Waals surface area contributed by atoms with Crippen LogP contribution in [0.2, 0.25) is 0 Å². The number of benzene rings is 1. The highest BCUT2D eigenvalue weighted by molar-refractivity contribution is 6.20. The lowest BCUT2D eigenvalue weighted by molar-refractivity contribution is 0.411. The highest BCUT2D eigenvalue weighted by atomic mass is 35.5. The summed E-state index contributed by atoms with van der Waals surface area (Å²) < 4.78 is 5.22. The third-order valence-electron chi connectivity index (χ3n) is 2.46. The number of methoxy groups -OCH3 is 1. The number of alkyl halides is 1. The summed E-state index contributed by atoms with van der Waals surface area (Å²) in [7, 11) is 1.69. The van der Waals surface area contributed by atoms with Crippen LogP contribution in [0.3, 0.4) is 0 Å². The number of hydrogen-bond acceptors (Lipinski definition) is 1. The minimum absolute atomic E-state index is 0.106. The first-order chi connectivity index (χ1) is 7.04. The van der Waals surface area contributed by atoms with E-state index in [1.54, 1.807) is 7.11 Å². The van der Waals surface area contributed by atoms with Gasteiger partial charge in [0.05, 0.1) is 12.5 Å². The molecule has 1 aromatic carbocycles. The lowest BCUT2D eigenvalue weighted by Crippen LogP contribution is -1.97. The molecule has 2 heteroatoms. The summed E-state index contributed by atoms with van der Waals surface area (Å²) in [6.45, 7) is 6.42. The van der Waals surface area contributed by atoms with Crippen molar-refractivity contribution in [3.05, 3.63) is 29.3 Å². The van der Waals surface area contributed by atoms with Gasteiger partial charge in [-0.15, -0.1) is 11.6 Å². The third-order valence-corrected chi connectivity index (χ3v) is 2.89. The second kappa shape index (κ2) is 5.41. The second-order valence-corrected chi connectivity index (χ2v) is 4.85. The number of ether oxygens (including phenoxy) is 1. The Morgan fingerprint density at radius 2 is 2.00 bits per heavy atom. The van der Waals surface area contributed by atoms with E-state index in [0.717, 1.165) is 17.7 Å². The van der Waals surface area contributed by atoms with Crippen LogP contribution in [0.25, 0.3) is 0 Å². The molecule has 0 amide bonds. The average molecular weight is 227 g/mol.